The van der Waals surface area contributed by atoms with Crippen LogP contribution < -0.4 is 0 Å². The number of nitro benzene ring substituents is 1. The Hall–Kier alpha value is -1.43. The van der Waals surface area contributed by atoms with Gasteiger partial charge in [0.2, 0.25) is 0 Å². The summed E-state index contributed by atoms with van der Waals surface area (Å²) in [6.45, 7) is 3.31. The molecule has 18 heavy (non-hydrogen) atoms. The number of alkyl halides is 1. The van der Waals surface area contributed by atoms with E-state index < -0.39 is 4.92 Å². The van der Waals surface area contributed by atoms with Crippen molar-refractivity contribution in [1.29, 1.82) is 0 Å². The molecule has 0 aliphatic heterocycles. The topological polar surface area (TPSA) is 63.5 Å². The zero-order chi connectivity index (χ0) is 13.5. The summed E-state index contributed by atoms with van der Waals surface area (Å²) in [6, 6.07) is 5.70. The van der Waals surface area contributed by atoms with Gasteiger partial charge in [0.25, 0.3) is 11.6 Å². The molecule has 1 aromatic rings. The molecular formula is C12H15BrN2O3. The van der Waals surface area contributed by atoms with Crippen molar-refractivity contribution >= 4 is 27.5 Å². The van der Waals surface area contributed by atoms with Gasteiger partial charge in [0.15, 0.2) is 0 Å². The van der Waals surface area contributed by atoms with Crippen LogP contribution in [0.4, 0.5) is 5.69 Å². The maximum Gasteiger partial charge on any atom is 0.269 e. The number of nitrogens with zero attached hydrogens (tertiary/aromatic N) is 2. The summed E-state index contributed by atoms with van der Waals surface area (Å²) in [5.41, 5.74) is 0.476. The third-order valence-corrected chi connectivity index (χ3v) is 2.81. The smallest absolute Gasteiger partial charge is 0.269 e. The number of hydrogen-bond acceptors (Lipinski definition) is 3. The molecule has 6 heteroatoms. The van der Waals surface area contributed by atoms with E-state index in [0.717, 1.165) is 6.42 Å². The zero-order valence-electron chi connectivity index (χ0n) is 10.1. The molecule has 0 fully saturated rings. The predicted octanol–water partition coefficient (Wildman–Crippen LogP) is 2.84. The standard InChI is InChI=1S/C12H15BrN2O3/c1-2-8-14(9-7-13)12(16)10-3-5-11(6-4-10)15(17)18/h3-6H,2,7-9H2,1H3. The molecule has 0 aromatic heterocycles. The average molecular weight is 315 g/mol. The first-order valence-corrected chi connectivity index (χ1v) is 6.82. The summed E-state index contributed by atoms with van der Waals surface area (Å²) >= 11 is 3.31. The molecular weight excluding hydrogens is 300 g/mol. The summed E-state index contributed by atoms with van der Waals surface area (Å²) in [6.07, 6.45) is 0.881. The highest BCUT2D eigenvalue weighted by atomic mass is 79.9. The van der Waals surface area contributed by atoms with Crippen molar-refractivity contribution in [1.82, 2.24) is 4.90 Å². The Labute approximate surface area is 114 Å². The molecule has 0 unspecified atom stereocenters. The van der Waals surface area contributed by atoms with Crippen LogP contribution in [-0.2, 0) is 0 Å². The Bertz CT molecular complexity index is 414. The Balaban J connectivity index is 2.84. The lowest BCUT2D eigenvalue weighted by atomic mass is 10.2. The van der Waals surface area contributed by atoms with E-state index in [1.165, 1.54) is 24.3 Å². The molecule has 0 saturated heterocycles. The average Bonchev–Trinajstić information content (AvgIpc) is 2.38. The van der Waals surface area contributed by atoms with Gasteiger partial charge in [0.05, 0.1) is 4.92 Å². The molecule has 1 aromatic carbocycles. The molecule has 0 heterocycles. The summed E-state index contributed by atoms with van der Waals surface area (Å²) in [5, 5.41) is 11.2. The first-order chi connectivity index (χ1) is 8.60. The number of halogens is 1. The van der Waals surface area contributed by atoms with E-state index in [1.807, 2.05) is 6.92 Å². The van der Waals surface area contributed by atoms with Gasteiger partial charge in [-0.1, -0.05) is 22.9 Å². The molecule has 0 atom stereocenters. The third kappa shape index (κ3) is 3.80. The number of nitro groups is 1. The fourth-order valence-corrected chi connectivity index (χ4v) is 2.02. The minimum absolute atomic E-state index is 0.00548. The van der Waals surface area contributed by atoms with Crippen molar-refractivity contribution in [2.45, 2.75) is 13.3 Å². The number of rotatable bonds is 6. The van der Waals surface area contributed by atoms with Crippen LogP contribution in [0.3, 0.4) is 0 Å². The van der Waals surface area contributed by atoms with E-state index in [9.17, 15) is 14.9 Å². The van der Waals surface area contributed by atoms with Crippen molar-refractivity contribution in [3.8, 4) is 0 Å². The van der Waals surface area contributed by atoms with Gasteiger partial charge in [-0.2, -0.15) is 0 Å². The van der Waals surface area contributed by atoms with Crippen molar-refractivity contribution in [3.63, 3.8) is 0 Å². The van der Waals surface area contributed by atoms with E-state index in [4.69, 9.17) is 0 Å². The maximum absolute atomic E-state index is 12.1. The second kappa shape index (κ2) is 7.10. The van der Waals surface area contributed by atoms with Gasteiger partial charge in [-0.15, -0.1) is 0 Å². The maximum atomic E-state index is 12.1. The molecule has 0 saturated carbocycles. The first kappa shape index (κ1) is 14.6. The summed E-state index contributed by atoms with van der Waals surface area (Å²) in [4.78, 5) is 23.9. The Morgan fingerprint density at radius 1 is 1.33 bits per heavy atom. The second-order valence-electron chi connectivity index (χ2n) is 3.79. The van der Waals surface area contributed by atoms with Crippen LogP contribution in [0.5, 0.6) is 0 Å². The fraction of sp³-hybridized carbons (Fsp3) is 0.417. The molecule has 5 nitrogen and oxygen atoms in total. The zero-order valence-corrected chi connectivity index (χ0v) is 11.7. The minimum atomic E-state index is -0.476. The second-order valence-corrected chi connectivity index (χ2v) is 4.58. The molecule has 0 bridgehead atoms. The van der Waals surface area contributed by atoms with Gasteiger partial charge >= 0.3 is 0 Å². The summed E-state index contributed by atoms with van der Waals surface area (Å²) in [7, 11) is 0. The molecule has 0 radical (unpaired) electrons. The van der Waals surface area contributed by atoms with Gasteiger partial charge in [-0.25, -0.2) is 0 Å². The van der Waals surface area contributed by atoms with Gasteiger partial charge in [0.1, 0.15) is 0 Å². The number of amides is 1. The molecule has 0 aliphatic rings. The van der Waals surface area contributed by atoms with Crippen molar-refractivity contribution in [2.24, 2.45) is 0 Å². The van der Waals surface area contributed by atoms with E-state index in [-0.39, 0.29) is 11.6 Å². The van der Waals surface area contributed by atoms with Crippen molar-refractivity contribution in [3.05, 3.63) is 39.9 Å². The molecule has 0 N–H and O–H groups in total. The van der Waals surface area contributed by atoms with Crippen LogP contribution in [0.2, 0.25) is 0 Å². The third-order valence-electron chi connectivity index (χ3n) is 2.46. The van der Waals surface area contributed by atoms with Crippen LogP contribution in [-0.4, -0.2) is 34.2 Å². The van der Waals surface area contributed by atoms with Crippen LogP contribution in [0.1, 0.15) is 23.7 Å². The van der Waals surface area contributed by atoms with E-state index in [2.05, 4.69) is 15.9 Å². The highest BCUT2D eigenvalue weighted by molar-refractivity contribution is 9.09. The van der Waals surface area contributed by atoms with Crippen LogP contribution in [0.15, 0.2) is 24.3 Å². The lowest BCUT2D eigenvalue weighted by Crippen LogP contribution is -2.33. The molecule has 0 spiro atoms. The van der Waals surface area contributed by atoms with Crippen LogP contribution in [0.25, 0.3) is 0 Å². The molecule has 1 rings (SSSR count). The number of carbonyl (C=O) groups excluding carboxylic acids is 1. The number of non-ortho nitro benzene ring substituents is 1. The number of benzene rings is 1. The Morgan fingerprint density at radius 2 is 1.94 bits per heavy atom. The lowest BCUT2D eigenvalue weighted by Gasteiger charge is -2.20. The number of carbonyl (C=O) groups is 1. The molecule has 98 valence electrons. The molecule has 1 amide bonds. The lowest BCUT2D eigenvalue weighted by molar-refractivity contribution is -0.384. The Morgan fingerprint density at radius 3 is 2.39 bits per heavy atom. The number of hydrogen-bond donors (Lipinski definition) is 0. The van der Waals surface area contributed by atoms with Crippen LogP contribution >= 0.6 is 15.9 Å². The monoisotopic (exact) mass is 314 g/mol. The van der Waals surface area contributed by atoms with Gasteiger partial charge in [-0.05, 0) is 18.6 Å². The highest BCUT2D eigenvalue weighted by Gasteiger charge is 2.15. The summed E-state index contributed by atoms with van der Waals surface area (Å²) < 4.78 is 0. The van der Waals surface area contributed by atoms with Crippen LogP contribution in [0, 0.1) is 10.1 Å². The van der Waals surface area contributed by atoms with Crippen molar-refractivity contribution < 1.29 is 9.72 Å². The highest BCUT2D eigenvalue weighted by Crippen LogP contribution is 2.13. The quantitative estimate of drug-likeness (QED) is 0.461. The largest absolute Gasteiger partial charge is 0.338 e. The van der Waals surface area contributed by atoms with Gasteiger partial charge in [0, 0.05) is 36.1 Å². The van der Waals surface area contributed by atoms with E-state index >= 15 is 0 Å². The Kier molecular flexibility index (Phi) is 5.77. The normalized spacial score (nSPS) is 10.1. The SMILES string of the molecule is CCCN(CCBr)C(=O)c1ccc([N+](=O)[O-])cc1. The van der Waals surface area contributed by atoms with Gasteiger partial charge in [-0.3, -0.25) is 14.9 Å². The molecule has 0 aliphatic carbocycles. The minimum Gasteiger partial charge on any atom is -0.338 e. The van der Waals surface area contributed by atoms with Crippen molar-refractivity contribution in [2.75, 3.05) is 18.4 Å². The summed E-state index contributed by atoms with van der Waals surface area (Å²) in [5.74, 6) is -0.0915. The first-order valence-electron chi connectivity index (χ1n) is 5.69. The fourth-order valence-electron chi connectivity index (χ4n) is 1.60. The predicted molar refractivity (Wildman–Crippen MR) is 73.1 cm³/mol. The van der Waals surface area contributed by atoms with Gasteiger partial charge < -0.3 is 4.90 Å². The van der Waals surface area contributed by atoms with E-state index in [0.29, 0.717) is 24.0 Å². The van der Waals surface area contributed by atoms with E-state index in [1.54, 1.807) is 4.90 Å².